The number of hydrogen-bond donors (Lipinski definition) is 2. The number of rotatable bonds is 8. The van der Waals surface area contributed by atoms with E-state index in [9.17, 15) is 9.59 Å². The van der Waals surface area contributed by atoms with Crippen LogP contribution in [-0.4, -0.2) is 31.6 Å². The standard InChI is InChI=1S/C22H28N2O3S/c1-3-27-22(26)20-17-10-9-15(2)13-18(17)28-21(20)24-19(25)14-23-12-11-16-7-5-4-6-8-16/h4-8,15,23H,3,9-14H2,1-2H3,(H,24,25)/p+1. The molecule has 1 heterocycles. The second-order valence-electron chi connectivity index (χ2n) is 7.34. The van der Waals surface area contributed by atoms with E-state index in [4.69, 9.17) is 4.74 Å². The second-order valence-corrected chi connectivity index (χ2v) is 8.45. The van der Waals surface area contributed by atoms with E-state index < -0.39 is 0 Å². The highest BCUT2D eigenvalue weighted by atomic mass is 32.1. The van der Waals surface area contributed by atoms with Crippen LogP contribution in [0.2, 0.25) is 0 Å². The lowest BCUT2D eigenvalue weighted by Crippen LogP contribution is -2.86. The van der Waals surface area contributed by atoms with Crippen molar-refractivity contribution in [1.82, 2.24) is 0 Å². The number of fused-ring (bicyclic) bond motifs is 1. The first-order valence-electron chi connectivity index (χ1n) is 10.1. The molecule has 3 rings (SSSR count). The molecule has 1 atom stereocenters. The summed E-state index contributed by atoms with van der Waals surface area (Å²) in [5, 5.41) is 5.62. The maximum absolute atomic E-state index is 12.5. The van der Waals surface area contributed by atoms with Crippen molar-refractivity contribution < 1.29 is 19.6 Å². The molecule has 3 N–H and O–H groups in total. The number of nitrogens with one attached hydrogen (secondary N) is 1. The summed E-state index contributed by atoms with van der Waals surface area (Å²) < 4.78 is 5.26. The van der Waals surface area contributed by atoms with Gasteiger partial charge in [-0.1, -0.05) is 37.3 Å². The van der Waals surface area contributed by atoms with E-state index in [1.165, 1.54) is 21.8 Å². The third-order valence-corrected chi connectivity index (χ3v) is 6.22. The molecule has 6 heteroatoms. The van der Waals surface area contributed by atoms with Gasteiger partial charge in [0.05, 0.1) is 18.7 Å². The molecule has 2 aromatic rings. The van der Waals surface area contributed by atoms with Gasteiger partial charge in [-0.25, -0.2) is 4.79 Å². The molecule has 0 radical (unpaired) electrons. The van der Waals surface area contributed by atoms with Gasteiger partial charge < -0.3 is 15.4 Å². The van der Waals surface area contributed by atoms with E-state index in [1.807, 2.05) is 23.5 Å². The summed E-state index contributed by atoms with van der Waals surface area (Å²) in [6.45, 7) is 5.56. The SMILES string of the molecule is CCOC(=O)c1c(NC(=O)C[NH2+]CCc2ccccc2)sc2c1CCC(C)C2. The molecule has 0 saturated carbocycles. The molecule has 1 aliphatic carbocycles. The highest BCUT2D eigenvalue weighted by Gasteiger charge is 2.29. The molecule has 28 heavy (non-hydrogen) atoms. The molecule has 0 fully saturated rings. The van der Waals surface area contributed by atoms with Crippen molar-refractivity contribution in [1.29, 1.82) is 0 Å². The number of hydrogen-bond acceptors (Lipinski definition) is 4. The molecule has 0 aliphatic heterocycles. The fraction of sp³-hybridized carbons (Fsp3) is 0.455. The van der Waals surface area contributed by atoms with Gasteiger partial charge in [-0.15, -0.1) is 11.3 Å². The minimum Gasteiger partial charge on any atom is -0.462 e. The number of carbonyl (C=O) groups excluding carboxylic acids is 2. The van der Waals surface area contributed by atoms with Crippen molar-refractivity contribution >= 4 is 28.2 Å². The lowest BCUT2D eigenvalue weighted by molar-refractivity contribution is -0.643. The van der Waals surface area contributed by atoms with Crippen LogP contribution in [0, 0.1) is 5.92 Å². The van der Waals surface area contributed by atoms with Gasteiger partial charge in [-0.05, 0) is 43.2 Å². The maximum Gasteiger partial charge on any atom is 0.341 e. The fourth-order valence-electron chi connectivity index (χ4n) is 3.58. The van der Waals surface area contributed by atoms with Crippen molar-refractivity contribution in [2.45, 2.75) is 39.5 Å². The van der Waals surface area contributed by atoms with Crippen molar-refractivity contribution in [2.24, 2.45) is 5.92 Å². The Bertz CT molecular complexity index is 817. The molecular formula is C22H29N2O3S+. The van der Waals surface area contributed by atoms with Crippen LogP contribution in [0.3, 0.4) is 0 Å². The number of amides is 1. The molecule has 0 bridgehead atoms. The highest BCUT2D eigenvalue weighted by molar-refractivity contribution is 7.17. The Hall–Kier alpha value is -2.18. The van der Waals surface area contributed by atoms with Crippen LogP contribution >= 0.6 is 11.3 Å². The molecular weight excluding hydrogens is 372 g/mol. The van der Waals surface area contributed by atoms with Crippen molar-refractivity contribution in [3.05, 3.63) is 51.9 Å². The Morgan fingerprint density at radius 1 is 1.29 bits per heavy atom. The second kappa shape index (κ2) is 9.85. The lowest BCUT2D eigenvalue weighted by Gasteiger charge is -2.18. The maximum atomic E-state index is 12.5. The summed E-state index contributed by atoms with van der Waals surface area (Å²) in [5.41, 5.74) is 2.92. The molecule has 0 saturated heterocycles. The third kappa shape index (κ3) is 5.20. The van der Waals surface area contributed by atoms with Crippen molar-refractivity contribution in [3.8, 4) is 0 Å². The number of esters is 1. The van der Waals surface area contributed by atoms with Gasteiger partial charge in [-0.3, -0.25) is 4.79 Å². The van der Waals surface area contributed by atoms with Crippen molar-refractivity contribution in [3.63, 3.8) is 0 Å². The van der Waals surface area contributed by atoms with E-state index in [0.717, 1.165) is 37.8 Å². The summed E-state index contributed by atoms with van der Waals surface area (Å²) in [5.74, 6) is 0.208. The first kappa shape index (κ1) is 20.6. The Labute approximate surface area is 170 Å². The predicted octanol–water partition coefficient (Wildman–Crippen LogP) is 2.79. The van der Waals surface area contributed by atoms with Gasteiger partial charge in [0.1, 0.15) is 5.00 Å². The van der Waals surface area contributed by atoms with Gasteiger partial charge in [0.2, 0.25) is 0 Å². The summed E-state index contributed by atoms with van der Waals surface area (Å²) in [7, 11) is 0. The van der Waals surface area contributed by atoms with Crippen LogP contribution in [0.25, 0.3) is 0 Å². The van der Waals surface area contributed by atoms with Gasteiger partial charge in [-0.2, -0.15) is 0 Å². The lowest BCUT2D eigenvalue weighted by atomic mass is 9.88. The van der Waals surface area contributed by atoms with E-state index in [1.54, 1.807) is 6.92 Å². The third-order valence-electron chi connectivity index (χ3n) is 5.05. The van der Waals surface area contributed by atoms with E-state index in [0.29, 0.717) is 29.6 Å². The molecule has 1 aliphatic rings. The molecule has 150 valence electrons. The predicted molar refractivity (Wildman–Crippen MR) is 112 cm³/mol. The number of benzene rings is 1. The Morgan fingerprint density at radius 3 is 2.82 bits per heavy atom. The molecule has 1 amide bonds. The Kier molecular flexibility index (Phi) is 7.23. The van der Waals surface area contributed by atoms with Crippen LogP contribution in [0.4, 0.5) is 5.00 Å². The molecule has 0 spiro atoms. The number of carbonyl (C=O) groups is 2. The first-order chi connectivity index (χ1) is 13.6. The topological polar surface area (TPSA) is 72.0 Å². The van der Waals surface area contributed by atoms with E-state index in [2.05, 4.69) is 24.4 Å². The number of anilines is 1. The highest BCUT2D eigenvalue weighted by Crippen LogP contribution is 2.40. The molecule has 1 aromatic carbocycles. The summed E-state index contributed by atoms with van der Waals surface area (Å²) in [6.07, 6.45) is 3.83. The first-order valence-corrected chi connectivity index (χ1v) is 10.9. The van der Waals surface area contributed by atoms with Gasteiger partial charge in [0.25, 0.3) is 5.91 Å². The van der Waals surface area contributed by atoms with Gasteiger partial charge in [0, 0.05) is 11.3 Å². The molecule has 1 aromatic heterocycles. The minimum absolute atomic E-state index is 0.0785. The zero-order valence-corrected chi connectivity index (χ0v) is 17.4. The molecule has 5 nitrogen and oxygen atoms in total. The minimum atomic E-state index is -0.321. The van der Waals surface area contributed by atoms with E-state index in [-0.39, 0.29) is 11.9 Å². The van der Waals surface area contributed by atoms with Gasteiger partial charge >= 0.3 is 5.97 Å². The molecule has 1 unspecified atom stereocenters. The average Bonchev–Trinajstić information content (AvgIpc) is 3.03. The van der Waals surface area contributed by atoms with Crippen LogP contribution in [-0.2, 0) is 28.8 Å². The van der Waals surface area contributed by atoms with Crippen LogP contribution in [0.1, 0.15) is 46.6 Å². The normalized spacial score (nSPS) is 15.7. The Balaban J connectivity index is 1.60. The van der Waals surface area contributed by atoms with Crippen LogP contribution in [0.15, 0.2) is 30.3 Å². The quantitative estimate of drug-likeness (QED) is 0.528. The zero-order chi connectivity index (χ0) is 19.9. The fourth-order valence-corrected chi connectivity index (χ4v) is 5.00. The van der Waals surface area contributed by atoms with Crippen molar-refractivity contribution in [2.75, 3.05) is 25.0 Å². The number of nitrogens with two attached hydrogens (primary N) is 1. The smallest absolute Gasteiger partial charge is 0.341 e. The van der Waals surface area contributed by atoms with Crippen LogP contribution in [0.5, 0.6) is 0 Å². The Morgan fingerprint density at radius 2 is 2.07 bits per heavy atom. The van der Waals surface area contributed by atoms with Crippen LogP contribution < -0.4 is 10.6 Å². The largest absolute Gasteiger partial charge is 0.462 e. The summed E-state index contributed by atoms with van der Waals surface area (Å²) >= 11 is 1.54. The summed E-state index contributed by atoms with van der Waals surface area (Å²) in [4.78, 5) is 26.2. The number of ether oxygens (including phenoxy) is 1. The zero-order valence-electron chi connectivity index (χ0n) is 16.6. The number of thiophene rings is 1. The van der Waals surface area contributed by atoms with Gasteiger partial charge in [0.15, 0.2) is 6.54 Å². The number of quaternary nitrogens is 1. The monoisotopic (exact) mass is 401 g/mol. The van der Waals surface area contributed by atoms with E-state index >= 15 is 0 Å². The average molecular weight is 402 g/mol. The summed E-state index contributed by atoms with van der Waals surface area (Å²) in [6, 6.07) is 10.2.